The van der Waals surface area contributed by atoms with E-state index in [1.807, 2.05) is 18.2 Å². The van der Waals surface area contributed by atoms with Crippen LogP contribution < -0.4 is 4.57 Å². The van der Waals surface area contributed by atoms with Gasteiger partial charge in [0.15, 0.2) is 10.1 Å². The second-order valence-corrected chi connectivity index (χ2v) is 9.56. The molecule has 0 bridgehead atoms. The zero-order chi connectivity index (χ0) is 26.0. The lowest BCUT2D eigenvalue weighted by Crippen LogP contribution is -2.32. The van der Waals surface area contributed by atoms with E-state index < -0.39 is 15.6 Å². The summed E-state index contributed by atoms with van der Waals surface area (Å²) in [5.74, 6) is 0. The molecule has 2 aromatic heterocycles. The van der Waals surface area contributed by atoms with Crippen molar-refractivity contribution in [2.75, 3.05) is 0 Å². The van der Waals surface area contributed by atoms with Gasteiger partial charge in [-0.25, -0.2) is 8.42 Å². The van der Waals surface area contributed by atoms with E-state index in [-0.39, 0.29) is 0 Å². The molecular formula is C25H22ClF3N2O3S. The number of rotatable bonds is 3. The highest BCUT2D eigenvalue weighted by atomic mass is 35.5. The minimum absolute atomic E-state index is 0.763. The van der Waals surface area contributed by atoms with Crippen molar-refractivity contribution in [1.29, 1.82) is 0 Å². The van der Waals surface area contributed by atoms with Gasteiger partial charge in [-0.1, -0.05) is 29.8 Å². The molecule has 0 fully saturated rings. The van der Waals surface area contributed by atoms with Crippen molar-refractivity contribution in [2.24, 2.45) is 7.05 Å². The van der Waals surface area contributed by atoms with Crippen molar-refractivity contribution >= 4 is 44.8 Å². The zero-order valence-electron chi connectivity index (χ0n) is 19.0. The van der Waals surface area contributed by atoms with Gasteiger partial charge in [-0.3, -0.25) is 0 Å². The molecule has 0 aliphatic rings. The van der Waals surface area contributed by atoms with E-state index in [0.717, 1.165) is 21.6 Å². The van der Waals surface area contributed by atoms with Crippen molar-refractivity contribution in [2.45, 2.75) is 19.4 Å². The van der Waals surface area contributed by atoms with E-state index >= 15 is 0 Å². The third kappa shape index (κ3) is 6.11. The second-order valence-electron chi connectivity index (χ2n) is 7.75. The highest BCUT2D eigenvalue weighted by molar-refractivity contribution is 7.86. The maximum atomic E-state index is 10.7. The third-order valence-corrected chi connectivity index (χ3v) is 6.18. The molecule has 0 spiro atoms. The van der Waals surface area contributed by atoms with Crippen molar-refractivity contribution in [3.8, 4) is 5.69 Å². The van der Waals surface area contributed by atoms with E-state index in [1.54, 1.807) is 0 Å². The van der Waals surface area contributed by atoms with Crippen LogP contribution in [0, 0.1) is 13.8 Å². The number of halogens is 4. The Hall–Kier alpha value is -3.14. The van der Waals surface area contributed by atoms with Gasteiger partial charge >= 0.3 is 5.51 Å². The van der Waals surface area contributed by atoms with Gasteiger partial charge in [0, 0.05) is 45.7 Å². The first-order valence-electron chi connectivity index (χ1n) is 10.3. The van der Waals surface area contributed by atoms with E-state index in [4.69, 9.17) is 24.6 Å². The molecule has 0 saturated heterocycles. The van der Waals surface area contributed by atoms with E-state index in [9.17, 15) is 13.2 Å². The predicted octanol–water partition coefficient (Wildman–Crippen LogP) is 5.95. The summed E-state index contributed by atoms with van der Waals surface area (Å²) in [6.07, 6.45) is 4.37. The Kier molecular flexibility index (Phi) is 7.74. The minimum atomic E-state index is -6.09. The molecule has 35 heavy (non-hydrogen) atoms. The molecule has 0 unspecified atom stereocenters. The predicted molar refractivity (Wildman–Crippen MR) is 130 cm³/mol. The highest BCUT2D eigenvalue weighted by Gasteiger charge is 2.36. The van der Waals surface area contributed by atoms with Crippen molar-refractivity contribution in [3.05, 3.63) is 94.4 Å². The molecule has 0 radical (unpaired) electrons. The van der Waals surface area contributed by atoms with Crippen LogP contribution in [0.3, 0.4) is 0 Å². The first-order chi connectivity index (χ1) is 16.3. The summed E-state index contributed by atoms with van der Waals surface area (Å²) in [7, 11) is -4.00. The normalized spacial score (nSPS) is 12.1. The summed E-state index contributed by atoms with van der Waals surface area (Å²) >= 11 is 6.11. The molecule has 4 rings (SSSR count). The second kappa shape index (κ2) is 10.2. The fourth-order valence-electron chi connectivity index (χ4n) is 3.66. The molecular weight excluding hydrogens is 501 g/mol. The zero-order valence-corrected chi connectivity index (χ0v) is 20.6. The number of pyridine rings is 1. The van der Waals surface area contributed by atoms with Gasteiger partial charge < -0.3 is 9.12 Å². The Bertz CT molecular complexity index is 1500. The van der Waals surface area contributed by atoms with E-state index in [0.29, 0.717) is 0 Å². The van der Waals surface area contributed by atoms with Crippen LogP contribution in [0.4, 0.5) is 13.2 Å². The molecule has 2 heterocycles. The monoisotopic (exact) mass is 522 g/mol. The van der Waals surface area contributed by atoms with E-state index in [1.165, 1.54) is 22.6 Å². The van der Waals surface area contributed by atoms with Crippen LogP contribution in [0.25, 0.3) is 28.7 Å². The molecule has 5 nitrogen and oxygen atoms in total. The van der Waals surface area contributed by atoms with Crippen LogP contribution in [0.1, 0.15) is 22.6 Å². The first-order valence-corrected chi connectivity index (χ1v) is 12.1. The van der Waals surface area contributed by atoms with Crippen LogP contribution >= 0.6 is 11.6 Å². The fraction of sp³-hybridized carbons (Fsp3) is 0.160. The Labute approximate surface area is 206 Å². The molecule has 0 amide bonds. The van der Waals surface area contributed by atoms with Gasteiger partial charge in [-0.05, 0) is 61.9 Å². The van der Waals surface area contributed by atoms with Gasteiger partial charge in [-0.15, -0.1) is 0 Å². The highest BCUT2D eigenvalue weighted by Crippen LogP contribution is 2.23. The largest absolute Gasteiger partial charge is 0.741 e. The van der Waals surface area contributed by atoms with Crippen LogP contribution in [-0.4, -0.2) is 23.0 Å². The average Bonchev–Trinajstić information content (AvgIpc) is 3.06. The Morgan fingerprint density at radius 1 is 0.971 bits per heavy atom. The van der Waals surface area contributed by atoms with Gasteiger partial charge in [0.05, 0.1) is 0 Å². The third-order valence-electron chi connectivity index (χ3n) is 5.37. The Morgan fingerprint density at radius 2 is 1.60 bits per heavy atom. The lowest BCUT2D eigenvalue weighted by molar-refractivity contribution is -0.646. The minimum Gasteiger partial charge on any atom is -0.741 e. The standard InChI is InChI=1S/C24H22ClN2.CHF3O3S/c1-17-15-19(18(2)27(17)23-7-5-4-6-8-23)9-12-22-13-10-20-16-21(25)11-14-24(20)26(22)3;2-1(3,4)8(5,6)7/h4-16H,1-3H3;(H,5,6,7)/q+1;/p-1. The summed E-state index contributed by atoms with van der Waals surface area (Å²) in [4.78, 5) is 0. The van der Waals surface area contributed by atoms with Crippen molar-refractivity contribution < 1.29 is 30.7 Å². The number of nitrogens with zero attached hydrogens (tertiary/aromatic N) is 2. The summed E-state index contributed by atoms with van der Waals surface area (Å²) in [5.41, 5.74) is 1.56. The first kappa shape index (κ1) is 26.5. The lowest BCUT2D eigenvalue weighted by atomic mass is 10.1. The molecule has 2 aromatic carbocycles. The summed E-state index contributed by atoms with van der Waals surface area (Å²) in [6, 6.07) is 23.0. The van der Waals surface area contributed by atoms with Crippen LogP contribution in [0.2, 0.25) is 5.02 Å². The maximum Gasteiger partial charge on any atom is 0.485 e. The molecule has 0 aliphatic carbocycles. The number of hydrogen-bond acceptors (Lipinski definition) is 3. The Morgan fingerprint density at radius 3 is 2.20 bits per heavy atom. The van der Waals surface area contributed by atoms with Crippen LogP contribution in [0.5, 0.6) is 0 Å². The lowest BCUT2D eigenvalue weighted by Gasteiger charge is -2.09. The molecule has 4 aromatic rings. The number of para-hydroxylation sites is 1. The number of hydrogen-bond donors (Lipinski definition) is 0. The molecule has 184 valence electrons. The smallest absolute Gasteiger partial charge is 0.485 e. The number of fused-ring (bicyclic) bond motifs is 1. The van der Waals surface area contributed by atoms with Gasteiger partial charge in [-0.2, -0.15) is 17.7 Å². The van der Waals surface area contributed by atoms with Gasteiger partial charge in [0.2, 0.25) is 11.2 Å². The molecule has 0 aliphatic heterocycles. The van der Waals surface area contributed by atoms with Gasteiger partial charge in [0.25, 0.3) is 0 Å². The number of aromatic nitrogens is 2. The SMILES string of the molecule is Cc1cc(C=Cc2ccc3cc(Cl)ccc3[n+]2C)c(C)n1-c1ccccc1.O=S(=O)([O-])C(F)(F)F. The maximum absolute atomic E-state index is 10.7. The van der Waals surface area contributed by atoms with E-state index in [2.05, 4.69) is 90.7 Å². The number of alkyl halides is 3. The summed E-state index contributed by atoms with van der Waals surface area (Å²) in [5, 5.41) is 1.91. The van der Waals surface area contributed by atoms with Gasteiger partial charge in [0.1, 0.15) is 7.05 Å². The summed E-state index contributed by atoms with van der Waals surface area (Å²) < 4.78 is 63.4. The molecule has 10 heteroatoms. The average molecular weight is 523 g/mol. The molecule has 0 N–H and O–H groups in total. The van der Waals surface area contributed by atoms with Crippen LogP contribution in [-0.2, 0) is 17.2 Å². The molecule has 0 atom stereocenters. The van der Waals surface area contributed by atoms with Crippen LogP contribution in [0.15, 0.2) is 66.7 Å². The Balaban J connectivity index is 0.000000371. The van der Waals surface area contributed by atoms with Crippen molar-refractivity contribution in [3.63, 3.8) is 0 Å². The van der Waals surface area contributed by atoms with Crippen molar-refractivity contribution in [1.82, 2.24) is 4.57 Å². The summed E-state index contributed by atoms with van der Waals surface area (Å²) in [6.45, 7) is 4.32. The number of benzene rings is 2. The topological polar surface area (TPSA) is 66.0 Å². The fourth-order valence-corrected chi connectivity index (χ4v) is 3.84. The molecule has 0 saturated carbocycles. The number of aryl methyl sites for hydroxylation is 2. The quantitative estimate of drug-likeness (QED) is 0.190.